The van der Waals surface area contributed by atoms with Gasteiger partial charge in [-0.1, -0.05) is 188 Å². The van der Waals surface area contributed by atoms with Crippen molar-refractivity contribution in [3.8, 4) is 0 Å². The minimum atomic E-state index is -4.92. The third-order valence-electron chi connectivity index (χ3n) is 11.4. The molecule has 2 unspecified atom stereocenters. The number of hydrogen-bond donors (Lipinski definition) is 3. The molecule has 0 fully saturated rings. The van der Waals surface area contributed by atoms with Crippen LogP contribution in [-0.4, -0.2) is 96.7 Å². The lowest BCUT2D eigenvalue weighted by molar-refractivity contribution is -0.161. The summed E-state index contributed by atoms with van der Waals surface area (Å²) in [5.74, 6) is -2.19. The first-order valence-electron chi connectivity index (χ1n) is 26.8. The van der Waals surface area contributed by atoms with E-state index in [0.29, 0.717) is 25.7 Å². The van der Waals surface area contributed by atoms with Crippen LogP contribution in [-0.2, 0) is 65.4 Å². The zero-order chi connectivity index (χ0) is 51.3. The molecule has 0 aliphatic carbocycles. The number of phosphoric acid groups is 2. The molecule has 0 aromatic heterocycles. The second kappa shape index (κ2) is 45.9. The Bertz CT molecular complexity index is 1370. The molecule has 0 saturated heterocycles. The Kier molecular flexibility index (Phi) is 44.6. The van der Waals surface area contributed by atoms with Crippen LogP contribution in [0.4, 0.5) is 0 Å². The van der Waals surface area contributed by atoms with Gasteiger partial charge >= 0.3 is 39.5 Å². The maximum absolute atomic E-state index is 12.8. The van der Waals surface area contributed by atoms with E-state index in [4.69, 9.17) is 37.0 Å². The molecule has 0 rings (SSSR count). The van der Waals surface area contributed by atoms with E-state index >= 15 is 0 Å². The SMILES string of the molecule is CCCCCCCCCCCCCCCCCC(=O)O[C@H](COC(=O)CCCCCCCC)COP(=O)(O)OC[C@H](O)COP(=O)(O)OC[C@@H](COC(=O)CCCCCC)OC(=O)CCCCCC. The average Bonchev–Trinajstić information content (AvgIpc) is 3.32. The maximum Gasteiger partial charge on any atom is 0.472 e. The number of phosphoric ester groups is 2. The molecule has 3 N–H and O–H groups in total. The van der Waals surface area contributed by atoms with E-state index in [9.17, 15) is 43.2 Å². The van der Waals surface area contributed by atoms with Gasteiger partial charge in [-0.3, -0.25) is 37.3 Å². The van der Waals surface area contributed by atoms with Crippen LogP contribution in [0.25, 0.3) is 0 Å². The molecule has 0 heterocycles. The molecule has 0 aromatic carbocycles. The Balaban J connectivity index is 5.02. The summed E-state index contributed by atoms with van der Waals surface area (Å²) in [5.41, 5.74) is 0. The zero-order valence-electron chi connectivity index (χ0n) is 43.3. The lowest BCUT2D eigenvalue weighted by atomic mass is 10.0. The fourth-order valence-electron chi connectivity index (χ4n) is 7.16. The van der Waals surface area contributed by atoms with Gasteiger partial charge in [0.05, 0.1) is 26.4 Å². The summed E-state index contributed by atoms with van der Waals surface area (Å²) >= 11 is 0. The Morgan fingerprint density at radius 1 is 0.348 bits per heavy atom. The third-order valence-corrected chi connectivity index (χ3v) is 13.3. The molecule has 19 heteroatoms. The van der Waals surface area contributed by atoms with Gasteiger partial charge < -0.3 is 33.8 Å². The Labute approximate surface area is 416 Å². The van der Waals surface area contributed by atoms with Gasteiger partial charge in [-0.05, 0) is 25.7 Å². The summed E-state index contributed by atoms with van der Waals surface area (Å²) in [6, 6.07) is 0. The van der Waals surface area contributed by atoms with Crippen molar-refractivity contribution >= 4 is 39.5 Å². The smallest absolute Gasteiger partial charge is 0.462 e. The number of esters is 4. The van der Waals surface area contributed by atoms with Gasteiger partial charge in [-0.25, -0.2) is 9.13 Å². The minimum absolute atomic E-state index is 0.0948. The summed E-state index contributed by atoms with van der Waals surface area (Å²) in [7, 11) is -9.83. The fraction of sp³-hybridized carbons (Fsp3) is 0.920. The number of aliphatic hydroxyl groups is 1. The Morgan fingerprint density at radius 3 is 0.870 bits per heavy atom. The van der Waals surface area contributed by atoms with Crippen LogP contribution in [0.15, 0.2) is 0 Å². The number of ether oxygens (including phenoxy) is 4. The molecule has 17 nitrogen and oxygen atoms in total. The van der Waals surface area contributed by atoms with Crippen LogP contribution in [0.2, 0.25) is 0 Å². The van der Waals surface area contributed by atoms with Crippen LogP contribution < -0.4 is 0 Å². The highest BCUT2D eigenvalue weighted by Crippen LogP contribution is 2.45. The topological polar surface area (TPSA) is 237 Å². The third kappa shape index (κ3) is 45.7. The quantitative estimate of drug-likeness (QED) is 0.0222. The molecule has 0 spiro atoms. The first-order valence-corrected chi connectivity index (χ1v) is 29.8. The van der Waals surface area contributed by atoms with Gasteiger partial charge in [0.2, 0.25) is 0 Å². The molecule has 0 aliphatic heterocycles. The average molecular weight is 1030 g/mol. The predicted molar refractivity (Wildman–Crippen MR) is 266 cm³/mol. The van der Waals surface area contributed by atoms with E-state index in [2.05, 4.69) is 13.8 Å². The van der Waals surface area contributed by atoms with Gasteiger partial charge in [0.1, 0.15) is 19.3 Å². The first kappa shape index (κ1) is 67.1. The summed E-state index contributed by atoms with van der Waals surface area (Å²) in [4.78, 5) is 70.6. The second-order valence-electron chi connectivity index (χ2n) is 18.2. The molecule has 0 aromatic rings. The summed E-state index contributed by atoms with van der Waals surface area (Å²) in [6.07, 6.45) is 26.6. The summed E-state index contributed by atoms with van der Waals surface area (Å²) in [6.45, 7) is 4.47. The number of carbonyl (C=O) groups is 4. The van der Waals surface area contributed by atoms with Gasteiger partial charge in [-0.2, -0.15) is 0 Å². The molecule has 69 heavy (non-hydrogen) atoms. The number of hydrogen-bond acceptors (Lipinski definition) is 15. The molecule has 0 saturated carbocycles. The Morgan fingerprint density at radius 2 is 0.580 bits per heavy atom. The number of carbonyl (C=O) groups excluding carboxylic acids is 4. The lowest BCUT2D eigenvalue weighted by Gasteiger charge is -2.21. The van der Waals surface area contributed by atoms with Gasteiger partial charge in [-0.15, -0.1) is 0 Å². The van der Waals surface area contributed by atoms with Crippen LogP contribution in [0.1, 0.15) is 240 Å². The van der Waals surface area contributed by atoms with Gasteiger partial charge in [0.15, 0.2) is 12.2 Å². The molecule has 0 bridgehead atoms. The van der Waals surface area contributed by atoms with Crippen LogP contribution in [0.5, 0.6) is 0 Å². The van der Waals surface area contributed by atoms with E-state index in [1.54, 1.807) is 0 Å². The standard InChI is InChI=1S/C50H96O17P2/c1-5-9-13-17-19-20-21-22-23-24-25-26-27-29-33-37-50(55)67-46(41-61-48(53)35-32-28-18-14-10-6-2)43-65-69(58,59)63-39-44(51)38-62-68(56,57)64-42-45(66-49(54)36-31-16-12-8-4)40-60-47(52)34-30-15-11-7-3/h44-46,51H,5-43H2,1-4H3,(H,56,57)(H,58,59)/t44-,45-,46-/m1/s1. The van der Waals surface area contributed by atoms with E-state index < -0.39 is 97.5 Å². The van der Waals surface area contributed by atoms with Crippen molar-refractivity contribution in [3.05, 3.63) is 0 Å². The molecule has 0 aliphatic rings. The highest BCUT2D eigenvalue weighted by atomic mass is 31.2. The van der Waals surface area contributed by atoms with Crippen molar-refractivity contribution in [1.29, 1.82) is 0 Å². The Hall–Kier alpha value is -1.94. The number of unbranched alkanes of at least 4 members (excludes halogenated alkanes) is 25. The van der Waals surface area contributed by atoms with E-state index in [0.717, 1.165) is 96.3 Å². The van der Waals surface area contributed by atoms with Gasteiger partial charge in [0.25, 0.3) is 0 Å². The number of aliphatic hydroxyl groups excluding tert-OH is 1. The van der Waals surface area contributed by atoms with E-state index in [-0.39, 0.29) is 25.7 Å². The van der Waals surface area contributed by atoms with Crippen molar-refractivity contribution in [2.75, 3.05) is 39.6 Å². The summed E-state index contributed by atoms with van der Waals surface area (Å²) < 4.78 is 66.7. The predicted octanol–water partition coefficient (Wildman–Crippen LogP) is 12.5. The highest BCUT2D eigenvalue weighted by molar-refractivity contribution is 7.47. The van der Waals surface area contributed by atoms with Crippen LogP contribution in [0, 0.1) is 0 Å². The van der Waals surface area contributed by atoms with E-state index in [1.165, 1.54) is 64.2 Å². The lowest BCUT2D eigenvalue weighted by Crippen LogP contribution is -2.30. The van der Waals surface area contributed by atoms with Crippen LogP contribution in [0.3, 0.4) is 0 Å². The largest absolute Gasteiger partial charge is 0.472 e. The fourth-order valence-corrected chi connectivity index (χ4v) is 8.74. The molecule has 5 atom stereocenters. The van der Waals surface area contributed by atoms with Crippen LogP contribution >= 0.6 is 15.6 Å². The summed E-state index contributed by atoms with van der Waals surface area (Å²) in [5, 5.41) is 10.4. The van der Waals surface area contributed by atoms with Crippen molar-refractivity contribution in [2.24, 2.45) is 0 Å². The number of rotatable bonds is 51. The molecular formula is C50H96O17P2. The monoisotopic (exact) mass is 1030 g/mol. The van der Waals surface area contributed by atoms with Crippen molar-refractivity contribution in [3.63, 3.8) is 0 Å². The normalized spacial score (nSPS) is 14.6. The molecule has 408 valence electrons. The van der Waals surface area contributed by atoms with E-state index in [1.807, 2.05) is 13.8 Å². The maximum atomic E-state index is 12.8. The molecular weight excluding hydrogens is 934 g/mol. The van der Waals surface area contributed by atoms with Crippen molar-refractivity contribution < 1.29 is 80.2 Å². The molecule has 0 amide bonds. The van der Waals surface area contributed by atoms with Crippen molar-refractivity contribution in [1.82, 2.24) is 0 Å². The highest BCUT2D eigenvalue weighted by Gasteiger charge is 2.30. The molecule has 0 radical (unpaired) electrons. The van der Waals surface area contributed by atoms with Gasteiger partial charge in [0, 0.05) is 25.7 Å². The zero-order valence-corrected chi connectivity index (χ0v) is 45.0. The second-order valence-corrected chi connectivity index (χ2v) is 21.1. The first-order chi connectivity index (χ1) is 33.2. The minimum Gasteiger partial charge on any atom is -0.462 e. The van der Waals surface area contributed by atoms with Crippen molar-refractivity contribution in [2.45, 2.75) is 258 Å².